The van der Waals surface area contributed by atoms with Gasteiger partial charge < -0.3 is 4.90 Å². The Hall–Kier alpha value is -1.44. The van der Waals surface area contributed by atoms with Gasteiger partial charge in [-0.2, -0.15) is 4.31 Å². The standard InChI is InChI=1S/C18H27N3O3S/c1-15-3-5-16(6-4-15)13-20(17-7-8-17)14-18(22)19-9-11-21(12-10-19)25(2,23)24/h3-6,17H,7-14H2,1-2H3. The van der Waals surface area contributed by atoms with Gasteiger partial charge in [0.1, 0.15) is 0 Å². The molecular formula is C18H27N3O3S. The van der Waals surface area contributed by atoms with Crippen molar-refractivity contribution in [3.05, 3.63) is 35.4 Å². The molecule has 2 fully saturated rings. The number of carbonyl (C=O) groups is 1. The van der Waals surface area contributed by atoms with Crippen molar-refractivity contribution in [1.82, 2.24) is 14.1 Å². The molecule has 25 heavy (non-hydrogen) atoms. The van der Waals surface area contributed by atoms with Crippen LogP contribution in [0, 0.1) is 6.92 Å². The summed E-state index contributed by atoms with van der Waals surface area (Å²) < 4.78 is 24.6. The number of piperazine rings is 1. The zero-order valence-electron chi connectivity index (χ0n) is 15.0. The van der Waals surface area contributed by atoms with E-state index in [4.69, 9.17) is 0 Å². The van der Waals surface area contributed by atoms with Crippen LogP contribution in [-0.4, -0.2) is 73.5 Å². The Labute approximate surface area is 150 Å². The first-order chi connectivity index (χ1) is 11.8. The second-order valence-corrected chi connectivity index (χ2v) is 9.15. The second-order valence-electron chi connectivity index (χ2n) is 7.16. The molecule has 0 N–H and O–H groups in total. The number of nitrogens with zero attached hydrogens (tertiary/aromatic N) is 3. The largest absolute Gasteiger partial charge is 0.339 e. The van der Waals surface area contributed by atoms with E-state index >= 15 is 0 Å². The first-order valence-corrected chi connectivity index (χ1v) is 10.7. The number of amides is 1. The zero-order chi connectivity index (χ0) is 18.0. The Balaban J connectivity index is 1.56. The summed E-state index contributed by atoms with van der Waals surface area (Å²) in [6, 6.07) is 8.96. The fourth-order valence-electron chi connectivity index (χ4n) is 3.22. The molecule has 1 aliphatic carbocycles. The number of carbonyl (C=O) groups excluding carboxylic acids is 1. The fourth-order valence-corrected chi connectivity index (χ4v) is 4.05. The number of hydrogen-bond donors (Lipinski definition) is 0. The average Bonchev–Trinajstić information content (AvgIpc) is 3.40. The third-order valence-electron chi connectivity index (χ3n) is 4.97. The van der Waals surface area contributed by atoms with Crippen LogP contribution in [0.15, 0.2) is 24.3 Å². The lowest BCUT2D eigenvalue weighted by Crippen LogP contribution is -2.52. The Morgan fingerprint density at radius 2 is 1.72 bits per heavy atom. The highest BCUT2D eigenvalue weighted by atomic mass is 32.2. The summed E-state index contributed by atoms with van der Waals surface area (Å²) in [6.45, 7) is 5.03. The van der Waals surface area contributed by atoms with E-state index in [1.807, 2.05) is 0 Å². The smallest absolute Gasteiger partial charge is 0.236 e. The molecule has 1 amide bonds. The van der Waals surface area contributed by atoms with E-state index < -0.39 is 10.0 Å². The van der Waals surface area contributed by atoms with Crippen molar-refractivity contribution < 1.29 is 13.2 Å². The highest BCUT2D eigenvalue weighted by Gasteiger charge is 2.32. The Kier molecular flexibility index (Phi) is 5.46. The van der Waals surface area contributed by atoms with Gasteiger partial charge in [-0.25, -0.2) is 8.42 Å². The molecule has 2 aliphatic rings. The summed E-state index contributed by atoms with van der Waals surface area (Å²) >= 11 is 0. The van der Waals surface area contributed by atoms with Crippen molar-refractivity contribution in [3.8, 4) is 0 Å². The molecule has 0 atom stereocenters. The van der Waals surface area contributed by atoms with Crippen molar-refractivity contribution in [1.29, 1.82) is 0 Å². The maximum atomic E-state index is 12.7. The van der Waals surface area contributed by atoms with Crippen LogP contribution >= 0.6 is 0 Å². The van der Waals surface area contributed by atoms with Crippen molar-refractivity contribution in [3.63, 3.8) is 0 Å². The van der Waals surface area contributed by atoms with Crippen LogP contribution in [0.1, 0.15) is 24.0 Å². The molecule has 138 valence electrons. The highest BCUT2D eigenvalue weighted by Crippen LogP contribution is 2.28. The predicted octanol–water partition coefficient (Wildman–Crippen LogP) is 1.06. The van der Waals surface area contributed by atoms with Gasteiger partial charge in [0.05, 0.1) is 12.8 Å². The molecule has 1 aromatic rings. The summed E-state index contributed by atoms with van der Waals surface area (Å²) in [7, 11) is -3.16. The van der Waals surface area contributed by atoms with Crippen LogP contribution in [0.25, 0.3) is 0 Å². The lowest BCUT2D eigenvalue weighted by Gasteiger charge is -2.34. The molecule has 0 bridgehead atoms. The molecule has 7 heteroatoms. The molecule has 1 aromatic carbocycles. The lowest BCUT2D eigenvalue weighted by molar-refractivity contribution is -0.133. The molecule has 1 aliphatic heterocycles. The van der Waals surface area contributed by atoms with Gasteiger partial charge in [-0.05, 0) is 25.3 Å². The maximum Gasteiger partial charge on any atom is 0.236 e. The molecule has 3 rings (SSSR count). The Morgan fingerprint density at radius 3 is 2.24 bits per heavy atom. The van der Waals surface area contributed by atoms with Crippen molar-refractivity contribution >= 4 is 15.9 Å². The quantitative estimate of drug-likeness (QED) is 0.756. The maximum absolute atomic E-state index is 12.7. The predicted molar refractivity (Wildman–Crippen MR) is 97.6 cm³/mol. The topological polar surface area (TPSA) is 60.9 Å². The van der Waals surface area contributed by atoms with Crippen LogP contribution in [-0.2, 0) is 21.4 Å². The second kappa shape index (κ2) is 7.43. The minimum atomic E-state index is -3.16. The van der Waals surface area contributed by atoms with E-state index in [0.717, 1.165) is 19.4 Å². The molecule has 0 unspecified atom stereocenters. The van der Waals surface area contributed by atoms with E-state index in [9.17, 15) is 13.2 Å². The summed E-state index contributed by atoms with van der Waals surface area (Å²) in [4.78, 5) is 16.7. The zero-order valence-corrected chi connectivity index (χ0v) is 15.8. The number of rotatable bonds is 6. The van der Waals surface area contributed by atoms with Crippen LogP contribution in [0.4, 0.5) is 0 Å². The minimum Gasteiger partial charge on any atom is -0.339 e. The van der Waals surface area contributed by atoms with Crippen molar-refractivity contribution in [2.24, 2.45) is 0 Å². The van der Waals surface area contributed by atoms with E-state index in [0.29, 0.717) is 38.8 Å². The monoisotopic (exact) mass is 365 g/mol. The number of sulfonamides is 1. The summed E-state index contributed by atoms with van der Waals surface area (Å²) in [5.74, 6) is 0.104. The molecule has 1 saturated heterocycles. The first-order valence-electron chi connectivity index (χ1n) is 8.85. The number of aryl methyl sites for hydroxylation is 1. The van der Waals surface area contributed by atoms with E-state index in [-0.39, 0.29) is 5.91 Å². The molecule has 0 spiro atoms. The normalized spacial score (nSPS) is 19.4. The number of hydrogen-bond acceptors (Lipinski definition) is 4. The summed E-state index contributed by atoms with van der Waals surface area (Å²) in [5, 5.41) is 0. The van der Waals surface area contributed by atoms with Gasteiger partial charge in [-0.1, -0.05) is 29.8 Å². The highest BCUT2D eigenvalue weighted by molar-refractivity contribution is 7.88. The SMILES string of the molecule is Cc1ccc(CN(CC(=O)N2CCN(S(C)(=O)=O)CC2)C2CC2)cc1. The van der Waals surface area contributed by atoms with E-state index in [1.165, 1.54) is 21.7 Å². The average molecular weight is 365 g/mol. The van der Waals surface area contributed by atoms with Gasteiger partial charge in [0.2, 0.25) is 15.9 Å². The molecule has 1 saturated carbocycles. The molecule has 6 nitrogen and oxygen atoms in total. The van der Waals surface area contributed by atoms with Crippen LogP contribution in [0.3, 0.4) is 0 Å². The molecular weight excluding hydrogens is 338 g/mol. The molecule has 0 radical (unpaired) electrons. The van der Waals surface area contributed by atoms with Crippen LogP contribution in [0.5, 0.6) is 0 Å². The summed E-state index contributed by atoms with van der Waals surface area (Å²) in [5.41, 5.74) is 2.47. The van der Waals surface area contributed by atoms with Gasteiger partial charge in [0.15, 0.2) is 0 Å². The van der Waals surface area contributed by atoms with E-state index in [2.05, 4.69) is 36.1 Å². The van der Waals surface area contributed by atoms with Gasteiger partial charge >= 0.3 is 0 Å². The Morgan fingerprint density at radius 1 is 1.12 bits per heavy atom. The number of benzene rings is 1. The third kappa shape index (κ3) is 5.03. The van der Waals surface area contributed by atoms with Gasteiger partial charge in [0, 0.05) is 38.8 Å². The first kappa shape index (κ1) is 18.4. The van der Waals surface area contributed by atoms with Gasteiger partial charge in [0.25, 0.3) is 0 Å². The Bertz CT molecular complexity index is 706. The van der Waals surface area contributed by atoms with Gasteiger partial charge in [-0.15, -0.1) is 0 Å². The summed E-state index contributed by atoms with van der Waals surface area (Å²) in [6.07, 6.45) is 3.53. The fraction of sp³-hybridized carbons (Fsp3) is 0.611. The van der Waals surface area contributed by atoms with Crippen molar-refractivity contribution in [2.45, 2.75) is 32.4 Å². The van der Waals surface area contributed by atoms with Gasteiger partial charge in [-0.3, -0.25) is 9.69 Å². The van der Waals surface area contributed by atoms with Crippen molar-refractivity contribution in [2.75, 3.05) is 39.0 Å². The lowest BCUT2D eigenvalue weighted by atomic mass is 10.1. The van der Waals surface area contributed by atoms with Crippen LogP contribution < -0.4 is 0 Å². The van der Waals surface area contributed by atoms with Crippen LogP contribution in [0.2, 0.25) is 0 Å². The molecule has 1 heterocycles. The third-order valence-corrected chi connectivity index (χ3v) is 6.27. The minimum absolute atomic E-state index is 0.104. The molecule has 0 aromatic heterocycles. The van der Waals surface area contributed by atoms with E-state index in [1.54, 1.807) is 4.90 Å².